The molecule has 7 nitrogen and oxygen atoms in total. The number of hydrogen-bond donors (Lipinski definition) is 3. The number of hydrogen-bond acceptors (Lipinski definition) is 5. The first-order valence-corrected chi connectivity index (χ1v) is 8.15. The van der Waals surface area contributed by atoms with E-state index in [1.807, 2.05) is 0 Å². The second-order valence-electron chi connectivity index (χ2n) is 4.86. The van der Waals surface area contributed by atoms with Crippen LogP contribution in [0.15, 0.2) is 30.6 Å². The number of carbonyl (C=O) groups is 1. The van der Waals surface area contributed by atoms with Crippen LogP contribution in [0.2, 0.25) is 10.0 Å². The molecule has 3 N–H and O–H groups in total. The highest BCUT2D eigenvalue weighted by Crippen LogP contribution is 2.28. The maximum Gasteiger partial charge on any atom is 0.305 e. The smallest absolute Gasteiger partial charge is 0.305 e. The number of anilines is 1. The Labute approximate surface area is 159 Å². The van der Waals surface area contributed by atoms with Crippen molar-refractivity contribution in [2.75, 3.05) is 12.4 Å². The molecule has 0 fully saturated rings. The number of ether oxygens (including phenoxy) is 1. The predicted octanol–water partition coefficient (Wildman–Crippen LogP) is 3.29. The SMILES string of the molecule is COc1cc(NC(=S)NC(CC(=O)O)c2ccc(Cl)cc2Cl)ncn1. The second kappa shape index (κ2) is 8.80. The monoisotopic (exact) mass is 400 g/mol. The largest absolute Gasteiger partial charge is 0.481 e. The molecule has 0 saturated carbocycles. The van der Waals surface area contributed by atoms with E-state index in [1.165, 1.54) is 13.4 Å². The van der Waals surface area contributed by atoms with Gasteiger partial charge >= 0.3 is 5.97 Å². The zero-order valence-electron chi connectivity index (χ0n) is 13.0. The van der Waals surface area contributed by atoms with E-state index in [-0.39, 0.29) is 11.5 Å². The number of thiocarbonyl (C=S) groups is 1. The molecule has 0 aliphatic heterocycles. The van der Waals surface area contributed by atoms with Crippen molar-refractivity contribution in [3.8, 4) is 5.88 Å². The van der Waals surface area contributed by atoms with Gasteiger partial charge in [0.1, 0.15) is 12.1 Å². The zero-order chi connectivity index (χ0) is 18.4. The van der Waals surface area contributed by atoms with Crippen LogP contribution in [0.1, 0.15) is 18.0 Å². The van der Waals surface area contributed by atoms with Crippen LogP contribution in [0.4, 0.5) is 5.82 Å². The van der Waals surface area contributed by atoms with Crippen molar-refractivity contribution in [2.24, 2.45) is 0 Å². The fourth-order valence-electron chi connectivity index (χ4n) is 2.03. The third-order valence-electron chi connectivity index (χ3n) is 3.11. The van der Waals surface area contributed by atoms with E-state index in [0.717, 1.165) is 0 Å². The molecule has 25 heavy (non-hydrogen) atoms. The van der Waals surface area contributed by atoms with Gasteiger partial charge in [0.25, 0.3) is 0 Å². The lowest BCUT2D eigenvalue weighted by molar-refractivity contribution is -0.137. The van der Waals surface area contributed by atoms with E-state index < -0.39 is 12.0 Å². The molecule has 1 aromatic carbocycles. The van der Waals surface area contributed by atoms with Crippen LogP contribution in [0, 0.1) is 0 Å². The normalized spacial score (nSPS) is 11.5. The van der Waals surface area contributed by atoms with Gasteiger partial charge in [0, 0.05) is 16.1 Å². The number of methoxy groups -OCH3 is 1. The van der Waals surface area contributed by atoms with Gasteiger partial charge in [0.2, 0.25) is 5.88 Å². The van der Waals surface area contributed by atoms with Crippen LogP contribution in [0.3, 0.4) is 0 Å². The molecule has 1 heterocycles. The fraction of sp³-hybridized carbons (Fsp3) is 0.200. The summed E-state index contributed by atoms with van der Waals surface area (Å²) in [6, 6.07) is 5.73. The van der Waals surface area contributed by atoms with Crippen molar-refractivity contribution in [1.29, 1.82) is 0 Å². The molecule has 0 bridgehead atoms. The van der Waals surface area contributed by atoms with Crippen molar-refractivity contribution >= 4 is 52.3 Å². The number of benzene rings is 1. The Bertz CT molecular complexity index is 791. The molecule has 0 amide bonds. The van der Waals surface area contributed by atoms with Gasteiger partial charge in [-0.25, -0.2) is 9.97 Å². The second-order valence-corrected chi connectivity index (χ2v) is 6.11. The maximum absolute atomic E-state index is 11.2. The summed E-state index contributed by atoms with van der Waals surface area (Å²) in [6.45, 7) is 0. The van der Waals surface area contributed by atoms with Gasteiger partial charge in [-0.15, -0.1) is 0 Å². The number of carboxylic acid groups (broad SMARTS) is 1. The van der Waals surface area contributed by atoms with E-state index in [2.05, 4.69) is 20.6 Å². The Kier molecular flexibility index (Phi) is 6.74. The first-order valence-electron chi connectivity index (χ1n) is 6.99. The van der Waals surface area contributed by atoms with Crippen LogP contribution in [0.25, 0.3) is 0 Å². The molecule has 0 aliphatic carbocycles. The van der Waals surface area contributed by atoms with Crippen molar-refractivity contribution in [3.63, 3.8) is 0 Å². The molecule has 0 spiro atoms. The maximum atomic E-state index is 11.2. The highest BCUT2D eigenvalue weighted by atomic mass is 35.5. The third kappa shape index (κ3) is 5.70. The standard InChI is InChI=1S/C15H14Cl2N4O3S/c1-24-13-6-12(18-7-19-13)21-15(25)20-11(5-14(22)23)9-3-2-8(16)4-10(9)17/h2-4,6-7,11H,5H2,1H3,(H,22,23)(H2,18,19,20,21,25). The lowest BCUT2D eigenvalue weighted by Crippen LogP contribution is -2.34. The lowest BCUT2D eigenvalue weighted by Gasteiger charge is -2.21. The number of nitrogens with zero attached hydrogens (tertiary/aromatic N) is 2. The van der Waals surface area contributed by atoms with E-state index in [0.29, 0.717) is 27.3 Å². The molecule has 10 heteroatoms. The van der Waals surface area contributed by atoms with Crippen LogP contribution in [0.5, 0.6) is 5.88 Å². The average Bonchev–Trinajstić information content (AvgIpc) is 2.54. The van der Waals surface area contributed by atoms with Crippen molar-refractivity contribution < 1.29 is 14.6 Å². The third-order valence-corrected chi connectivity index (χ3v) is 3.90. The molecule has 0 radical (unpaired) electrons. The minimum Gasteiger partial charge on any atom is -0.481 e. The molecule has 2 aromatic rings. The molecule has 132 valence electrons. The van der Waals surface area contributed by atoms with Crippen LogP contribution >= 0.6 is 35.4 Å². The van der Waals surface area contributed by atoms with Crippen molar-refractivity contribution in [1.82, 2.24) is 15.3 Å². The summed E-state index contributed by atoms with van der Waals surface area (Å²) in [5.74, 6) is -0.237. The molecule has 1 atom stereocenters. The van der Waals surface area contributed by atoms with Crippen LogP contribution < -0.4 is 15.4 Å². The summed E-state index contributed by atoms with van der Waals surface area (Å²) >= 11 is 17.3. The Morgan fingerprint density at radius 2 is 2.12 bits per heavy atom. The lowest BCUT2D eigenvalue weighted by atomic mass is 10.0. The van der Waals surface area contributed by atoms with E-state index in [9.17, 15) is 4.79 Å². The number of carboxylic acids is 1. The molecular weight excluding hydrogens is 387 g/mol. The van der Waals surface area contributed by atoms with Crippen molar-refractivity contribution in [2.45, 2.75) is 12.5 Å². The summed E-state index contributed by atoms with van der Waals surface area (Å²) in [4.78, 5) is 19.1. The Morgan fingerprint density at radius 3 is 2.76 bits per heavy atom. The minimum atomic E-state index is -1.00. The topological polar surface area (TPSA) is 96.4 Å². The molecule has 0 saturated heterocycles. The summed E-state index contributed by atoms with van der Waals surface area (Å²) in [5, 5.41) is 15.9. The molecule has 0 aliphatic rings. The summed E-state index contributed by atoms with van der Waals surface area (Å²) in [5.41, 5.74) is 0.567. The molecule has 1 aromatic heterocycles. The van der Waals surface area contributed by atoms with Crippen LogP contribution in [-0.4, -0.2) is 33.3 Å². The average molecular weight is 401 g/mol. The summed E-state index contributed by atoms with van der Waals surface area (Å²) in [6.07, 6.45) is 1.09. The molecule has 1 unspecified atom stereocenters. The van der Waals surface area contributed by atoms with Gasteiger partial charge in [-0.1, -0.05) is 29.3 Å². The molecule has 2 rings (SSSR count). The Morgan fingerprint density at radius 1 is 1.36 bits per heavy atom. The Hall–Kier alpha value is -2.16. The first kappa shape index (κ1) is 19.2. The van der Waals surface area contributed by atoms with Gasteiger partial charge in [0.05, 0.1) is 19.6 Å². The zero-order valence-corrected chi connectivity index (χ0v) is 15.3. The predicted molar refractivity (Wildman–Crippen MR) is 99.4 cm³/mol. The highest BCUT2D eigenvalue weighted by Gasteiger charge is 2.19. The van der Waals surface area contributed by atoms with Gasteiger partial charge in [-0.3, -0.25) is 4.79 Å². The van der Waals surface area contributed by atoms with Gasteiger partial charge < -0.3 is 20.5 Å². The number of nitrogens with one attached hydrogen (secondary N) is 2. The number of rotatable bonds is 6. The van der Waals surface area contributed by atoms with Gasteiger partial charge in [0.15, 0.2) is 5.11 Å². The van der Waals surface area contributed by atoms with E-state index in [4.69, 9.17) is 45.3 Å². The van der Waals surface area contributed by atoms with Gasteiger partial charge in [-0.05, 0) is 29.9 Å². The number of aliphatic carboxylic acids is 1. The Balaban J connectivity index is 2.15. The first-order chi connectivity index (χ1) is 11.9. The van der Waals surface area contributed by atoms with Gasteiger partial charge in [-0.2, -0.15) is 0 Å². The quantitative estimate of drug-likeness (QED) is 0.635. The van der Waals surface area contributed by atoms with Crippen molar-refractivity contribution in [3.05, 3.63) is 46.2 Å². The van der Waals surface area contributed by atoms with E-state index >= 15 is 0 Å². The van der Waals surface area contributed by atoms with Crippen LogP contribution in [-0.2, 0) is 4.79 Å². The summed E-state index contributed by atoms with van der Waals surface area (Å²) in [7, 11) is 1.48. The summed E-state index contributed by atoms with van der Waals surface area (Å²) < 4.78 is 5.00. The number of halogens is 2. The van der Waals surface area contributed by atoms with E-state index in [1.54, 1.807) is 24.3 Å². The fourth-order valence-corrected chi connectivity index (χ4v) is 2.81. The molecular formula is C15H14Cl2N4O3S. The highest BCUT2D eigenvalue weighted by molar-refractivity contribution is 7.80. The minimum absolute atomic E-state index is 0.179. The number of aromatic nitrogens is 2.